The monoisotopic (exact) mass is 817 g/mol. The van der Waals surface area contributed by atoms with Crippen molar-refractivity contribution in [3.05, 3.63) is 113 Å². The number of rotatable bonds is 17. The molecule has 3 aromatic carbocycles. The van der Waals surface area contributed by atoms with Gasteiger partial charge < -0.3 is 38.9 Å². The highest BCUT2D eigenvalue weighted by Crippen LogP contribution is 2.62. The van der Waals surface area contributed by atoms with E-state index in [1.54, 1.807) is 42.3 Å². The smallest absolute Gasteiger partial charge is 0.254 e. The fourth-order valence-electron chi connectivity index (χ4n) is 9.65. The van der Waals surface area contributed by atoms with Gasteiger partial charge in [-0.05, 0) is 136 Å². The molecular formula is C49H59N3O8. The number of aliphatic hydroxyl groups excluding tert-OH is 2. The fraction of sp³-hybridized carbons (Fsp3) is 0.490. The third-order valence-electron chi connectivity index (χ3n) is 12.8. The van der Waals surface area contributed by atoms with E-state index in [2.05, 4.69) is 44.7 Å². The Morgan fingerprint density at radius 3 is 2.45 bits per heavy atom. The molecule has 1 saturated heterocycles. The molecule has 2 aliphatic heterocycles. The molecule has 1 amide bonds. The van der Waals surface area contributed by atoms with Crippen LogP contribution in [0.4, 0.5) is 0 Å². The Morgan fingerprint density at radius 1 is 1.00 bits per heavy atom. The average molecular weight is 818 g/mol. The summed E-state index contributed by atoms with van der Waals surface area (Å²) in [5.41, 5.74) is 5.84. The Hall–Kier alpha value is -4.99. The normalized spacial score (nSPS) is 26.1. The Bertz CT molecular complexity index is 2090. The molecule has 1 saturated carbocycles. The third-order valence-corrected chi connectivity index (χ3v) is 12.8. The Balaban J connectivity index is 1.42. The summed E-state index contributed by atoms with van der Waals surface area (Å²) in [4.78, 5) is 22.5. The molecule has 3 aromatic rings. The molecule has 2 heterocycles. The average Bonchev–Trinajstić information content (AvgIpc) is 3.27. The second-order valence-electron chi connectivity index (χ2n) is 16.6. The number of fused-ring (bicyclic) bond motifs is 2. The predicted molar refractivity (Wildman–Crippen MR) is 229 cm³/mol. The molecule has 11 heteroatoms. The molecule has 60 heavy (non-hydrogen) atoms. The molecule has 318 valence electrons. The molecule has 0 radical (unpaired) electrons. The fourth-order valence-corrected chi connectivity index (χ4v) is 9.65. The maximum atomic E-state index is 14.6. The lowest BCUT2D eigenvalue weighted by Crippen LogP contribution is -2.69. The minimum absolute atomic E-state index is 0.0670. The number of benzene rings is 3. The van der Waals surface area contributed by atoms with Gasteiger partial charge in [0.1, 0.15) is 23.3 Å². The van der Waals surface area contributed by atoms with Crippen molar-refractivity contribution in [2.75, 3.05) is 33.5 Å². The Kier molecular flexibility index (Phi) is 14.1. The molecular weight excluding hydrogens is 759 g/mol. The van der Waals surface area contributed by atoms with Gasteiger partial charge in [0, 0.05) is 50.1 Å². The number of allylic oxidation sites excluding steroid dienone is 1. The number of unbranched alkanes of at least 4 members (excludes halogenated alkanes) is 2. The number of oxime groups is 1. The van der Waals surface area contributed by atoms with Crippen molar-refractivity contribution in [2.45, 2.75) is 102 Å². The van der Waals surface area contributed by atoms with E-state index in [1.165, 1.54) is 5.56 Å². The number of carbonyl (C=O) groups excluding carboxylic acids is 1. The number of aliphatic hydroxyl groups is 2. The second-order valence-corrected chi connectivity index (χ2v) is 16.6. The molecule has 4 aliphatic rings. The largest absolute Gasteiger partial charge is 0.459 e. The van der Waals surface area contributed by atoms with Gasteiger partial charge in [0.05, 0.1) is 36.5 Å². The third kappa shape index (κ3) is 9.03. The van der Waals surface area contributed by atoms with E-state index in [0.717, 1.165) is 67.4 Å². The molecule has 7 atom stereocenters. The minimum atomic E-state index is -1.39. The van der Waals surface area contributed by atoms with E-state index < -0.39 is 24.0 Å². The quantitative estimate of drug-likeness (QED) is 0.0776. The number of carbonyl (C=O) groups is 1. The highest BCUT2D eigenvalue weighted by atomic mass is 16.8. The second kappa shape index (κ2) is 19.6. The lowest BCUT2D eigenvalue weighted by Gasteiger charge is -2.59. The van der Waals surface area contributed by atoms with E-state index >= 15 is 0 Å². The van der Waals surface area contributed by atoms with Gasteiger partial charge in [0.2, 0.25) is 12.1 Å². The lowest BCUT2D eigenvalue weighted by atomic mass is 9.55. The van der Waals surface area contributed by atoms with Crippen molar-refractivity contribution in [1.82, 2.24) is 4.90 Å². The molecule has 0 spiro atoms. The number of nitrogens with zero attached hydrogens (tertiary/aromatic N) is 3. The lowest BCUT2D eigenvalue weighted by molar-refractivity contribution is -0.252. The molecule has 11 nitrogen and oxygen atoms in total. The number of hydrogen-bond acceptors (Lipinski definition) is 10. The summed E-state index contributed by atoms with van der Waals surface area (Å²) in [6.07, 6.45) is 11.1. The van der Waals surface area contributed by atoms with Crippen LogP contribution >= 0.6 is 0 Å². The van der Waals surface area contributed by atoms with Gasteiger partial charge in [-0.2, -0.15) is 5.26 Å². The molecule has 2 N–H and O–H groups in total. The summed E-state index contributed by atoms with van der Waals surface area (Å²) in [5.74, 6) is -0.0907. The van der Waals surface area contributed by atoms with E-state index in [4.69, 9.17) is 28.9 Å². The molecule has 0 aromatic heterocycles. The van der Waals surface area contributed by atoms with E-state index in [0.29, 0.717) is 47.8 Å². The first-order chi connectivity index (χ1) is 29.2. The summed E-state index contributed by atoms with van der Waals surface area (Å²) < 4.78 is 26.9. The zero-order chi connectivity index (χ0) is 42.2. The Labute approximate surface area is 354 Å². The SMILES string of the molecule is C=CCOC12Oc3ccc(Oc4ccc(C)c(C)c4)cc3C3C(CCCCO)C(CCCCO)C=C(C(=NOC4CCCCO4)CC1N(C)C(=O)c1ccc(C#N)cc1)C32. The van der Waals surface area contributed by atoms with Crippen molar-refractivity contribution < 1.29 is 38.8 Å². The predicted octanol–water partition coefficient (Wildman–Crippen LogP) is 8.90. The first-order valence-corrected chi connectivity index (χ1v) is 21.6. The summed E-state index contributed by atoms with van der Waals surface area (Å²) in [6, 6.07) is 20.1. The summed E-state index contributed by atoms with van der Waals surface area (Å²) in [5, 5.41) is 34.2. The van der Waals surface area contributed by atoms with Crippen molar-refractivity contribution in [2.24, 2.45) is 22.9 Å². The van der Waals surface area contributed by atoms with E-state index in [9.17, 15) is 20.3 Å². The number of ether oxygens (including phenoxy) is 4. The van der Waals surface area contributed by atoms with Crippen LogP contribution in [0.15, 0.2) is 90.1 Å². The van der Waals surface area contributed by atoms with Crippen LogP contribution in [-0.2, 0) is 14.3 Å². The van der Waals surface area contributed by atoms with Crippen molar-refractivity contribution in [3.8, 4) is 23.3 Å². The van der Waals surface area contributed by atoms with Gasteiger partial charge in [-0.3, -0.25) is 4.79 Å². The Morgan fingerprint density at radius 2 is 1.75 bits per heavy atom. The molecule has 2 fully saturated rings. The van der Waals surface area contributed by atoms with Gasteiger partial charge in [0.25, 0.3) is 5.91 Å². The highest BCUT2D eigenvalue weighted by molar-refractivity contribution is 6.03. The van der Waals surface area contributed by atoms with Crippen LogP contribution in [0.3, 0.4) is 0 Å². The minimum Gasteiger partial charge on any atom is -0.459 e. The topological polar surface area (TPSA) is 143 Å². The number of nitriles is 1. The van der Waals surface area contributed by atoms with Crippen LogP contribution in [-0.4, -0.2) is 78.3 Å². The molecule has 7 rings (SSSR count). The van der Waals surface area contributed by atoms with Crippen molar-refractivity contribution in [1.29, 1.82) is 5.26 Å². The van der Waals surface area contributed by atoms with Crippen molar-refractivity contribution in [3.63, 3.8) is 0 Å². The summed E-state index contributed by atoms with van der Waals surface area (Å²) >= 11 is 0. The maximum absolute atomic E-state index is 14.6. The molecule has 2 aliphatic carbocycles. The van der Waals surface area contributed by atoms with E-state index in [1.807, 2.05) is 24.3 Å². The van der Waals surface area contributed by atoms with Crippen LogP contribution in [0.5, 0.6) is 17.2 Å². The van der Waals surface area contributed by atoms with Crippen LogP contribution < -0.4 is 9.47 Å². The van der Waals surface area contributed by atoms with Gasteiger partial charge in [-0.25, -0.2) is 0 Å². The number of amides is 1. The number of hydrogen-bond donors (Lipinski definition) is 2. The first-order valence-electron chi connectivity index (χ1n) is 21.6. The van der Waals surface area contributed by atoms with Crippen molar-refractivity contribution >= 4 is 11.6 Å². The van der Waals surface area contributed by atoms with Gasteiger partial charge >= 0.3 is 0 Å². The highest BCUT2D eigenvalue weighted by Gasteiger charge is 2.65. The van der Waals surface area contributed by atoms with E-state index in [-0.39, 0.29) is 49.9 Å². The zero-order valence-corrected chi connectivity index (χ0v) is 35.2. The number of aryl methyl sites for hydroxylation is 2. The molecule has 0 bridgehead atoms. The van der Waals surface area contributed by atoms with Crippen LogP contribution in [0.1, 0.15) is 103 Å². The van der Waals surface area contributed by atoms with Gasteiger partial charge in [0.15, 0.2) is 0 Å². The standard InChI is InChI=1S/C49H59N3O8/c1-5-25-57-49-44(52(4)48(55)35-18-16-34(31-50)17-19-35)30-42(51-60-45-14-8-11-26-56-45)40-28-36(12-6-9-23-53)39(13-7-10-24-54)46(47(40)49)41-29-38(21-22-43(41)59-49)58-37-20-15-32(2)33(3)27-37/h5,15-22,27-29,36,39,44-47,53-54H,1,6-14,23-26,30H2,2-4H3. The molecule has 7 unspecified atom stereocenters. The van der Waals surface area contributed by atoms with Gasteiger partial charge in [-0.1, -0.05) is 36.2 Å². The van der Waals surface area contributed by atoms with Gasteiger partial charge in [-0.15, -0.1) is 6.58 Å². The zero-order valence-electron chi connectivity index (χ0n) is 35.2. The first kappa shape index (κ1) is 43.1. The van der Waals surface area contributed by atoms with Crippen LogP contribution in [0.25, 0.3) is 0 Å². The van der Waals surface area contributed by atoms with Crippen LogP contribution in [0, 0.1) is 42.9 Å². The summed E-state index contributed by atoms with van der Waals surface area (Å²) in [7, 11) is 1.77. The number of likely N-dealkylation sites (N-methyl/N-ethyl adjacent to an activating group) is 1. The maximum Gasteiger partial charge on any atom is 0.254 e. The summed E-state index contributed by atoms with van der Waals surface area (Å²) in [6.45, 7) is 9.14. The van der Waals surface area contributed by atoms with Crippen LogP contribution in [0.2, 0.25) is 0 Å².